The Morgan fingerprint density at radius 3 is 2.67 bits per heavy atom. The summed E-state index contributed by atoms with van der Waals surface area (Å²) in [4.78, 5) is 26.3. The lowest BCUT2D eigenvalue weighted by Gasteiger charge is -2.33. The number of hydrogen-bond acceptors (Lipinski definition) is 3. The first-order valence-corrected chi connectivity index (χ1v) is 11.6. The summed E-state index contributed by atoms with van der Waals surface area (Å²) in [6.45, 7) is 6.38. The third kappa shape index (κ3) is 6.92. The van der Waals surface area contributed by atoms with Crippen LogP contribution in [0.25, 0.3) is 0 Å². The number of likely N-dealkylation sites (tertiary alicyclic amines) is 1. The molecule has 166 valence electrons. The van der Waals surface area contributed by atoms with E-state index in [0.717, 1.165) is 43.5 Å². The number of amides is 3. The van der Waals surface area contributed by atoms with Gasteiger partial charge in [0.1, 0.15) is 5.75 Å². The largest absolute Gasteiger partial charge is 0.490 e. The highest BCUT2D eigenvalue weighted by Gasteiger charge is 2.24. The van der Waals surface area contributed by atoms with Crippen molar-refractivity contribution < 1.29 is 14.3 Å². The fourth-order valence-electron chi connectivity index (χ4n) is 4.26. The first-order valence-electron chi connectivity index (χ1n) is 11.6. The molecule has 1 atom stereocenters. The molecule has 1 saturated heterocycles. The Labute approximate surface area is 180 Å². The SMILES string of the molecule is CC(C)C(=O)NCC1CCCN(C(=O)NCc2cccc(OC3CCCCC3)c2)C1. The Hall–Kier alpha value is -2.24. The van der Waals surface area contributed by atoms with E-state index in [0.29, 0.717) is 31.7 Å². The number of nitrogens with one attached hydrogen (secondary N) is 2. The van der Waals surface area contributed by atoms with Crippen molar-refractivity contribution in [1.29, 1.82) is 0 Å². The lowest BCUT2D eigenvalue weighted by Crippen LogP contribution is -2.47. The van der Waals surface area contributed by atoms with Crippen LogP contribution in [0.15, 0.2) is 24.3 Å². The zero-order valence-corrected chi connectivity index (χ0v) is 18.5. The minimum Gasteiger partial charge on any atom is -0.490 e. The van der Waals surface area contributed by atoms with E-state index in [1.807, 2.05) is 43.0 Å². The second-order valence-corrected chi connectivity index (χ2v) is 9.04. The number of carbonyl (C=O) groups is 2. The van der Waals surface area contributed by atoms with Crippen molar-refractivity contribution in [2.24, 2.45) is 11.8 Å². The predicted molar refractivity (Wildman–Crippen MR) is 118 cm³/mol. The zero-order chi connectivity index (χ0) is 21.3. The van der Waals surface area contributed by atoms with Crippen LogP contribution in [0.5, 0.6) is 5.75 Å². The molecular weight excluding hydrogens is 378 g/mol. The summed E-state index contributed by atoms with van der Waals surface area (Å²) in [5.41, 5.74) is 1.05. The molecule has 6 nitrogen and oxygen atoms in total. The molecule has 1 aliphatic carbocycles. The summed E-state index contributed by atoms with van der Waals surface area (Å²) < 4.78 is 6.14. The van der Waals surface area contributed by atoms with Gasteiger partial charge >= 0.3 is 6.03 Å². The van der Waals surface area contributed by atoms with Crippen LogP contribution in [-0.2, 0) is 11.3 Å². The van der Waals surface area contributed by atoms with Crippen molar-refractivity contribution in [2.45, 2.75) is 71.4 Å². The van der Waals surface area contributed by atoms with Gasteiger partial charge in [-0.1, -0.05) is 32.4 Å². The highest BCUT2D eigenvalue weighted by Crippen LogP contribution is 2.24. The maximum absolute atomic E-state index is 12.7. The average Bonchev–Trinajstić information content (AvgIpc) is 2.77. The Morgan fingerprint density at radius 1 is 1.10 bits per heavy atom. The summed E-state index contributed by atoms with van der Waals surface area (Å²) >= 11 is 0. The Kier molecular flexibility index (Phi) is 8.40. The molecule has 1 aliphatic heterocycles. The number of piperidine rings is 1. The summed E-state index contributed by atoms with van der Waals surface area (Å²) in [5.74, 6) is 1.28. The van der Waals surface area contributed by atoms with E-state index in [4.69, 9.17) is 4.74 Å². The van der Waals surface area contributed by atoms with Gasteiger partial charge in [0.2, 0.25) is 5.91 Å². The van der Waals surface area contributed by atoms with Gasteiger partial charge in [-0.05, 0) is 62.1 Å². The summed E-state index contributed by atoms with van der Waals surface area (Å²) in [5, 5.41) is 6.04. The quantitative estimate of drug-likeness (QED) is 0.705. The van der Waals surface area contributed by atoms with Crippen molar-refractivity contribution in [3.63, 3.8) is 0 Å². The van der Waals surface area contributed by atoms with Crippen LogP contribution in [-0.4, -0.2) is 42.6 Å². The number of carbonyl (C=O) groups excluding carboxylic acids is 2. The highest BCUT2D eigenvalue weighted by molar-refractivity contribution is 5.77. The average molecular weight is 416 g/mol. The van der Waals surface area contributed by atoms with Crippen LogP contribution >= 0.6 is 0 Å². The Balaban J connectivity index is 1.44. The van der Waals surface area contributed by atoms with Crippen molar-refractivity contribution in [1.82, 2.24) is 15.5 Å². The Morgan fingerprint density at radius 2 is 1.90 bits per heavy atom. The fourth-order valence-corrected chi connectivity index (χ4v) is 4.26. The predicted octanol–water partition coefficient (Wildman–Crippen LogP) is 4.09. The van der Waals surface area contributed by atoms with Crippen LogP contribution < -0.4 is 15.4 Å². The van der Waals surface area contributed by atoms with Gasteiger partial charge in [0.15, 0.2) is 0 Å². The number of rotatable bonds is 7. The number of nitrogens with zero attached hydrogens (tertiary/aromatic N) is 1. The van der Waals surface area contributed by atoms with E-state index in [1.54, 1.807) is 0 Å². The van der Waals surface area contributed by atoms with Gasteiger partial charge in [0, 0.05) is 32.1 Å². The van der Waals surface area contributed by atoms with E-state index >= 15 is 0 Å². The molecule has 0 bridgehead atoms. The zero-order valence-electron chi connectivity index (χ0n) is 18.5. The van der Waals surface area contributed by atoms with Gasteiger partial charge in [-0.3, -0.25) is 4.79 Å². The van der Waals surface area contributed by atoms with Gasteiger partial charge < -0.3 is 20.3 Å². The minimum absolute atomic E-state index is 0.00847. The molecule has 2 aliphatic rings. The molecule has 2 N–H and O–H groups in total. The molecule has 1 heterocycles. The molecule has 30 heavy (non-hydrogen) atoms. The number of hydrogen-bond donors (Lipinski definition) is 2. The van der Waals surface area contributed by atoms with E-state index in [9.17, 15) is 9.59 Å². The monoisotopic (exact) mass is 415 g/mol. The van der Waals surface area contributed by atoms with Crippen molar-refractivity contribution in [3.05, 3.63) is 29.8 Å². The van der Waals surface area contributed by atoms with Gasteiger partial charge in [-0.25, -0.2) is 4.79 Å². The lowest BCUT2D eigenvalue weighted by atomic mass is 9.98. The first kappa shape index (κ1) is 22.4. The van der Waals surface area contributed by atoms with Gasteiger partial charge in [0.25, 0.3) is 0 Å². The van der Waals surface area contributed by atoms with Crippen molar-refractivity contribution in [3.8, 4) is 5.75 Å². The number of urea groups is 1. The molecule has 0 radical (unpaired) electrons. The second-order valence-electron chi connectivity index (χ2n) is 9.04. The number of ether oxygens (including phenoxy) is 1. The minimum atomic E-state index is -0.0338. The van der Waals surface area contributed by atoms with E-state index in [-0.39, 0.29) is 17.9 Å². The maximum Gasteiger partial charge on any atom is 0.317 e. The van der Waals surface area contributed by atoms with Crippen LogP contribution in [0.3, 0.4) is 0 Å². The van der Waals surface area contributed by atoms with Crippen LogP contribution in [0, 0.1) is 11.8 Å². The molecule has 0 spiro atoms. The molecule has 1 aromatic rings. The Bertz CT molecular complexity index is 701. The molecule has 1 aromatic carbocycles. The maximum atomic E-state index is 12.7. The first-order chi connectivity index (χ1) is 14.5. The molecule has 0 aromatic heterocycles. The van der Waals surface area contributed by atoms with Crippen molar-refractivity contribution in [2.75, 3.05) is 19.6 Å². The summed E-state index contributed by atoms with van der Waals surface area (Å²) in [6.07, 6.45) is 8.42. The molecule has 3 rings (SSSR count). The fraction of sp³-hybridized carbons (Fsp3) is 0.667. The highest BCUT2D eigenvalue weighted by atomic mass is 16.5. The van der Waals surface area contributed by atoms with Gasteiger partial charge in [-0.15, -0.1) is 0 Å². The third-order valence-electron chi connectivity index (χ3n) is 6.09. The smallest absolute Gasteiger partial charge is 0.317 e. The molecule has 3 amide bonds. The van der Waals surface area contributed by atoms with Gasteiger partial charge in [-0.2, -0.15) is 0 Å². The van der Waals surface area contributed by atoms with E-state index in [2.05, 4.69) is 10.6 Å². The van der Waals surface area contributed by atoms with Crippen LogP contribution in [0.1, 0.15) is 64.4 Å². The molecule has 1 saturated carbocycles. The topological polar surface area (TPSA) is 70.7 Å². The molecule has 6 heteroatoms. The van der Waals surface area contributed by atoms with E-state index in [1.165, 1.54) is 19.3 Å². The lowest BCUT2D eigenvalue weighted by molar-refractivity contribution is -0.124. The molecule has 2 fully saturated rings. The standard InChI is InChI=1S/C24H37N3O3/c1-18(2)23(28)25-16-20-9-7-13-27(17-20)24(29)26-15-19-8-6-12-22(14-19)30-21-10-4-3-5-11-21/h6,8,12,14,18,20-21H,3-5,7,9-11,13,15-17H2,1-2H3,(H,25,28)(H,26,29). The van der Waals surface area contributed by atoms with Gasteiger partial charge in [0.05, 0.1) is 6.10 Å². The number of benzene rings is 1. The second kappa shape index (κ2) is 11.2. The molecule has 1 unspecified atom stereocenters. The van der Waals surface area contributed by atoms with Crippen LogP contribution in [0.2, 0.25) is 0 Å². The van der Waals surface area contributed by atoms with Crippen LogP contribution in [0.4, 0.5) is 4.79 Å². The third-order valence-corrected chi connectivity index (χ3v) is 6.09. The van der Waals surface area contributed by atoms with E-state index < -0.39 is 0 Å². The summed E-state index contributed by atoms with van der Waals surface area (Å²) in [6, 6.07) is 8.02. The normalized spacial score (nSPS) is 20.1. The summed E-state index contributed by atoms with van der Waals surface area (Å²) in [7, 11) is 0. The molecular formula is C24H37N3O3. The van der Waals surface area contributed by atoms with Crippen molar-refractivity contribution >= 4 is 11.9 Å².